The van der Waals surface area contributed by atoms with Crippen LogP contribution in [0.2, 0.25) is 0 Å². The van der Waals surface area contributed by atoms with E-state index in [2.05, 4.69) is 21.2 Å². The highest BCUT2D eigenvalue weighted by Crippen LogP contribution is 2.23. The number of H-pyrrole nitrogens is 1. The van der Waals surface area contributed by atoms with E-state index < -0.39 is 0 Å². The second-order valence-electron chi connectivity index (χ2n) is 7.51. The van der Waals surface area contributed by atoms with Gasteiger partial charge in [0.2, 0.25) is 0 Å². The van der Waals surface area contributed by atoms with Crippen molar-refractivity contribution in [1.29, 1.82) is 0 Å². The van der Waals surface area contributed by atoms with E-state index in [0.29, 0.717) is 17.7 Å². The lowest BCUT2D eigenvalue weighted by Crippen LogP contribution is -2.06. The van der Waals surface area contributed by atoms with Crippen LogP contribution in [0.4, 0.5) is 0 Å². The molecule has 4 aromatic rings. The predicted octanol–water partition coefficient (Wildman–Crippen LogP) is 4.45. The minimum atomic E-state index is 0.0311. The summed E-state index contributed by atoms with van der Waals surface area (Å²) in [6.07, 6.45) is 0. The van der Waals surface area contributed by atoms with E-state index in [-0.39, 0.29) is 5.43 Å². The maximum atomic E-state index is 12.4. The molecule has 2 aromatic carbocycles. The average molecular weight is 421 g/mol. The number of rotatable bonds is 6. The van der Waals surface area contributed by atoms with Crippen LogP contribution in [0, 0.1) is 20.8 Å². The highest BCUT2D eigenvalue weighted by atomic mass is 32.2. The molecule has 0 spiro atoms. The summed E-state index contributed by atoms with van der Waals surface area (Å²) in [4.78, 5) is 15.8. The van der Waals surface area contributed by atoms with E-state index in [0.717, 1.165) is 44.6 Å². The molecule has 154 valence electrons. The minimum absolute atomic E-state index is 0.0311. The summed E-state index contributed by atoms with van der Waals surface area (Å²) in [5.41, 5.74) is 5.06. The molecule has 0 fully saturated rings. The number of pyridine rings is 1. The van der Waals surface area contributed by atoms with Gasteiger partial charge in [-0.2, -0.15) is 0 Å². The minimum Gasteiger partial charge on any atom is -0.485 e. The second-order valence-corrected chi connectivity index (χ2v) is 8.45. The molecule has 0 amide bonds. The zero-order valence-electron chi connectivity index (χ0n) is 17.5. The summed E-state index contributed by atoms with van der Waals surface area (Å²) in [5, 5.41) is 10.0. The van der Waals surface area contributed by atoms with Gasteiger partial charge >= 0.3 is 0 Å². The number of hydrogen-bond donors (Lipinski definition) is 1. The Balaban J connectivity index is 1.45. The second kappa shape index (κ2) is 8.36. The number of nitrogens with one attached hydrogen (secondary N) is 1. The van der Waals surface area contributed by atoms with Crippen LogP contribution in [0.5, 0.6) is 5.75 Å². The van der Waals surface area contributed by atoms with Crippen LogP contribution >= 0.6 is 11.8 Å². The zero-order chi connectivity index (χ0) is 21.3. The van der Waals surface area contributed by atoms with Gasteiger partial charge in [0.25, 0.3) is 0 Å². The van der Waals surface area contributed by atoms with Gasteiger partial charge in [-0.05, 0) is 50.1 Å². The van der Waals surface area contributed by atoms with Crippen molar-refractivity contribution in [3.63, 3.8) is 0 Å². The molecule has 4 rings (SSSR count). The third-order valence-corrected chi connectivity index (χ3v) is 6.09. The molecule has 0 aliphatic rings. The van der Waals surface area contributed by atoms with Gasteiger partial charge in [0.05, 0.1) is 0 Å². The first-order chi connectivity index (χ1) is 14.4. The summed E-state index contributed by atoms with van der Waals surface area (Å²) in [5.74, 6) is 2.21. The van der Waals surface area contributed by atoms with Gasteiger partial charge in [0, 0.05) is 35.5 Å². The summed E-state index contributed by atoms with van der Waals surface area (Å²) in [6.45, 7) is 6.40. The number of benzene rings is 2. The van der Waals surface area contributed by atoms with Gasteiger partial charge in [-0.15, -0.1) is 10.2 Å². The highest BCUT2D eigenvalue weighted by Gasteiger charge is 2.12. The van der Waals surface area contributed by atoms with E-state index in [9.17, 15) is 4.79 Å². The predicted molar refractivity (Wildman–Crippen MR) is 120 cm³/mol. The lowest BCUT2D eigenvalue weighted by Gasteiger charge is -2.10. The first-order valence-electron chi connectivity index (χ1n) is 9.74. The fourth-order valence-corrected chi connectivity index (χ4v) is 4.08. The van der Waals surface area contributed by atoms with Crippen molar-refractivity contribution in [2.24, 2.45) is 7.05 Å². The number of aromatic nitrogens is 4. The van der Waals surface area contributed by atoms with Crippen molar-refractivity contribution in [1.82, 2.24) is 19.7 Å². The van der Waals surface area contributed by atoms with Gasteiger partial charge < -0.3 is 14.3 Å². The van der Waals surface area contributed by atoms with Crippen molar-refractivity contribution >= 4 is 22.7 Å². The van der Waals surface area contributed by atoms with E-state index in [4.69, 9.17) is 4.74 Å². The van der Waals surface area contributed by atoms with Gasteiger partial charge in [0.1, 0.15) is 12.4 Å². The molecule has 0 saturated carbocycles. The number of aryl methyl sites for hydroxylation is 3. The van der Waals surface area contributed by atoms with Crippen molar-refractivity contribution in [3.05, 3.63) is 80.9 Å². The average Bonchev–Trinajstić information content (AvgIpc) is 3.07. The Kier molecular flexibility index (Phi) is 5.63. The van der Waals surface area contributed by atoms with Crippen molar-refractivity contribution in [3.8, 4) is 5.75 Å². The highest BCUT2D eigenvalue weighted by molar-refractivity contribution is 7.98. The molecule has 0 unspecified atom stereocenters. The Morgan fingerprint density at radius 3 is 2.63 bits per heavy atom. The summed E-state index contributed by atoms with van der Waals surface area (Å²) in [6, 6.07) is 13.7. The number of fused-ring (bicyclic) bond motifs is 1. The molecule has 1 N–H and O–H groups in total. The van der Waals surface area contributed by atoms with E-state index >= 15 is 0 Å². The first-order valence-corrected chi connectivity index (χ1v) is 10.7. The van der Waals surface area contributed by atoms with Gasteiger partial charge in [-0.1, -0.05) is 35.5 Å². The van der Waals surface area contributed by atoms with Crippen molar-refractivity contribution in [2.45, 2.75) is 38.3 Å². The van der Waals surface area contributed by atoms with E-state index in [1.165, 1.54) is 11.8 Å². The maximum Gasteiger partial charge on any atom is 0.191 e. The van der Waals surface area contributed by atoms with Crippen LogP contribution in [-0.2, 0) is 19.4 Å². The Morgan fingerprint density at radius 2 is 1.80 bits per heavy atom. The third-order valence-electron chi connectivity index (χ3n) is 5.02. The molecule has 0 aliphatic heterocycles. The summed E-state index contributed by atoms with van der Waals surface area (Å²) in [7, 11) is 1.93. The molecule has 0 bridgehead atoms. The quantitative estimate of drug-likeness (QED) is 0.467. The molecule has 30 heavy (non-hydrogen) atoms. The van der Waals surface area contributed by atoms with Crippen LogP contribution in [0.1, 0.15) is 28.2 Å². The van der Waals surface area contributed by atoms with Crippen molar-refractivity contribution in [2.75, 3.05) is 0 Å². The Bertz CT molecular complexity index is 1280. The maximum absolute atomic E-state index is 12.4. The number of hydrogen-bond acceptors (Lipinski definition) is 5. The molecular weight excluding hydrogens is 396 g/mol. The summed E-state index contributed by atoms with van der Waals surface area (Å²) >= 11 is 1.53. The Morgan fingerprint density at radius 1 is 1.03 bits per heavy atom. The van der Waals surface area contributed by atoms with Crippen LogP contribution in [-0.4, -0.2) is 19.7 Å². The van der Waals surface area contributed by atoms with Crippen LogP contribution in [0.25, 0.3) is 10.9 Å². The van der Waals surface area contributed by atoms with E-state index in [1.54, 1.807) is 6.07 Å². The van der Waals surface area contributed by atoms with Crippen LogP contribution in [0.15, 0.2) is 52.4 Å². The fourth-order valence-electron chi connectivity index (χ4n) is 3.24. The lowest BCUT2D eigenvalue weighted by atomic mass is 10.1. The monoisotopic (exact) mass is 420 g/mol. The van der Waals surface area contributed by atoms with Gasteiger partial charge in [0.15, 0.2) is 16.4 Å². The number of aromatic amines is 1. The normalized spacial score (nSPS) is 11.2. The topological polar surface area (TPSA) is 72.8 Å². The van der Waals surface area contributed by atoms with Crippen LogP contribution in [0.3, 0.4) is 0 Å². The first kappa shape index (κ1) is 20.2. The standard InChI is InChI=1S/C23H24N4O2S/c1-14-6-8-19-18(9-14)20(28)11-17(24-19)13-30-23-26-25-22(27(23)4)12-29-21-10-15(2)5-7-16(21)3/h5-11H,12-13H2,1-4H3,(H,24,28). The SMILES string of the molecule is Cc1ccc(C)c(OCc2nnc(SCc3cc(=O)c4cc(C)ccc4[nH]3)n2C)c1. The zero-order valence-corrected chi connectivity index (χ0v) is 18.3. The molecule has 0 radical (unpaired) electrons. The molecule has 0 saturated heterocycles. The summed E-state index contributed by atoms with van der Waals surface area (Å²) < 4.78 is 7.88. The van der Waals surface area contributed by atoms with Gasteiger partial charge in [-0.3, -0.25) is 4.79 Å². The molecule has 2 heterocycles. The number of nitrogens with zero attached hydrogens (tertiary/aromatic N) is 3. The molecule has 0 aliphatic carbocycles. The van der Waals surface area contributed by atoms with Crippen LogP contribution < -0.4 is 10.2 Å². The number of ether oxygens (including phenoxy) is 1. The molecule has 2 aromatic heterocycles. The smallest absolute Gasteiger partial charge is 0.191 e. The molecule has 0 atom stereocenters. The largest absolute Gasteiger partial charge is 0.485 e. The molecule has 7 heteroatoms. The fraction of sp³-hybridized carbons (Fsp3) is 0.261. The Hall–Kier alpha value is -3.06. The molecule has 6 nitrogen and oxygen atoms in total. The van der Waals surface area contributed by atoms with Crippen molar-refractivity contribution < 1.29 is 4.74 Å². The third kappa shape index (κ3) is 4.26. The number of thioether (sulfide) groups is 1. The molecular formula is C23H24N4O2S. The van der Waals surface area contributed by atoms with Gasteiger partial charge in [-0.25, -0.2) is 0 Å². The Labute approximate surface area is 179 Å². The van der Waals surface area contributed by atoms with E-state index in [1.807, 2.05) is 62.7 Å². The lowest BCUT2D eigenvalue weighted by molar-refractivity contribution is 0.288.